The molecule has 6 heteroatoms. The van der Waals surface area contributed by atoms with E-state index in [-0.39, 0.29) is 5.28 Å². The fourth-order valence-corrected chi connectivity index (χ4v) is 1.89. The van der Waals surface area contributed by atoms with Gasteiger partial charge in [-0.25, -0.2) is 8.78 Å². The minimum atomic E-state index is -0.867. The molecule has 0 radical (unpaired) electrons. The van der Waals surface area contributed by atoms with E-state index in [1.54, 1.807) is 4.57 Å². The van der Waals surface area contributed by atoms with Gasteiger partial charge in [-0.15, -0.1) is 10.2 Å². The average molecular weight is 272 g/mol. The first-order valence-electron chi connectivity index (χ1n) is 5.63. The number of benzene rings is 1. The van der Waals surface area contributed by atoms with Gasteiger partial charge < -0.3 is 0 Å². The Balaban J connectivity index is 2.27. The highest BCUT2D eigenvalue weighted by Gasteiger charge is 2.11. The van der Waals surface area contributed by atoms with Gasteiger partial charge in [-0.3, -0.25) is 4.57 Å². The third kappa shape index (κ3) is 2.67. The molecule has 1 aromatic carbocycles. The van der Waals surface area contributed by atoms with Crippen LogP contribution in [0, 0.1) is 11.6 Å². The lowest BCUT2D eigenvalue weighted by Gasteiger charge is -2.07. The van der Waals surface area contributed by atoms with E-state index < -0.39 is 11.6 Å². The molecule has 0 saturated heterocycles. The summed E-state index contributed by atoms with van der Waals surface area (Å²) in [5, 5.41) is 7.99. The molecule has 0 spiro atoms. The number of halogens is 3. The number of aryl methyl sites for hydroxylation is 1. The summed E-state index contributed by atoms with van der Waals surface area (Å²) in [4.78, 5) is 0. The van der Waals surface area contributed by atoms with Crippen LogP contribution in [-0.4, -0.2) is 14.8 Å². The van der Waals surface area contributed by atoms with Crippen molar-refractivity contribution in [3.05, 3.63) is 46.5 Å². The van der Waals surface area contributed by atoms with Crippen LogP contribution in [0.2, 0.25) is 5.28 Å². The van der Waals surface area contributed by atoms with Crippen molar-refractivity contribution in [1.82, 2.24) is 14.8 Å². The normalized spacial score (nSPS) is 10.9. The number of nitrogens with zero attached hydrogens (tertiary/aromatic N) is 3. The monoisotopic (exact) mass is 271 g/mol. The lowest BCUT2D eigenvalue weighted by atomic mass is 10.2. The van der Waals surface area contributed by atoms with Crippen molar-refractivity contribution in [2.75, 3.05) is 0 Å². The summed E-state index contributed by atoms with van der Waals surface area (Å²) in [5.74, 6) is -0.983. The molecule has 0 N–H and O–H groups in total. The van der Waals surface area contributed by atoms with Crippen LogP contribution >= 0.6 is 11.6 Å². The van der Waals surface area contributed by atoms with Crippen molar-refractivity contribution in [3.8, 4) is 0 Å². The van der Waals surface area contributed by atoms with Crippen molar-refractivity contribution >= 4 is 11.6 Å². The molecule has 1 aromatic heterocycles. The molecule has 0 saturated carbocycles. The number of hydrogen-bond donors (Lipinski definition) is 0. The quantitative estimate of drug-likeness (QED) is 0.855. The highest BCUT2D eigenvalue weighted by atomic mass is 35.5. The maximum atomic E-state index is 13.1. The molecule has 0 aliphatic carbocycles. The van der Waals surface area contributed by atoms with Crippen LogP contribution in [0.4, 0.5) is 8.78 Å². The SMILES string of the molecule is CCCc1nnc(Cl)n1Cc1ccc(F)c(F)c1. The lowest BCUT2D eigenvalue weighted by Crippen LogP contribution is -2.06. The van der Waals surface area contributed by atoms with E-state index in [2.05, 4.69) is 10.2 Å². The van der Waals surface area contributed by atoms with Crippen molar-refractivity contribution < 1.29 is 8.78 Å². The van der Waals surface area contributed by atoms with Gasteiger partial charge in [0.15, 0.2) is 11.6 Å². The Bertz CT molecular complexity index is 554. The fourth-order valence-electron chi connectivity index (χ4n) is 1.70. The van der Waals surface area contributed by atoms with E-state index in [1.165, 1.54) is 6.07 Å². The Kier molecular flexibility index (Phi) is 3.91. The Hall–Kier alpha value is -1.49. The van der Waals surface area contributed by atoms with Gasteiger partial charge in [0.1, 0.15) is 5.82 Å². The van der Waals surface area contributed by atoms with E-state index in [9.17, 15) is 8.78 Å². The second-order valence-electron chi connectivity index (χ2n) is 3.97. The van der Waals surface area contributed by atoms with Crippen molar-refractivity contribution in [1.29, 1.82) is 0 Å². The molecule has 1 heterocycles. The van der Waals surface area contributed by atoms with Gasteiger partial charge in [0, 0.05) is 6.42 Å². The average Bonchev–Trinajstić information content (AvgIpc) is 2.67. The van der Waals surface area contributed by atoms with Gasteiger partial charge in [-0.05, 0) is 35.7 Å². The summed E-state index contributed by atoms with van der Waals surface area (Å²) >= 11 is 5.92. The van der Waals surface area contributed by atoms with Gasteiger partial charge in [0.25, 0.3) is 0 Å². The van der Waals surface area contributed by atoms with Gasteiger partial charge >= 0.3 is 0 Å². The predicted octanol–water partition coefficient (Wildman–Crippen LogP) is 3.21. The van der Waals surface area contributed by atoms with E-state index in [4.69, 9.17) is 11.6 Å². The highest BCUT2D eigenvalue weighted by Crippen LogP contribution is 2.15. The first-order valence-corrected chi connectivity index (χ1v) is 6.01. The minimum absolute atomic E-state index is 0.253. The van der Waals surface area contributed by atoms with Crippen LogP contribution in [0.3, 0.4) is 0 Å². The first-order chi connectivity index (χ1) is 8.61. The molecule has 0 bridgehead atoms. The molecule has 3 nitrogen and oxygen atoms in total. The zero-order valence-corrected chi connectivity index (χ0v) is 10.6. The number of aromatic nitrogens is 3. The third-order valence-corrected chi connectivity index (χ3v) is 2.86. The molecular weight excluding hydrogens is 260 g/mol. The smallest absolute Gasteiger partial charge is 0.225 e. The van der Waals surface area contributed by atoms with Crippen molar-refractivity contribution in [3.63, 3.8) is 0 Å². The Labute approximate surface area is 108 Å². The molecule has 2 aromatic rings. The van der Waals surface area contributed by atoms with Crippen LogP contribution in [0.1, 0.15) is 24.7 Å². The van der Waals surface area contributed by atoms with E-state index in [0.717, 1.165) is 30.8 Å². The zero-order chi connectivity index (χ0) is 13.1. The number of rotatable bonds is 4. The van der Waals surface area contributed by atoms with Gasteiger partial charge in [-0.1, -0.05) is 13.0 Å². The van der Waals surface area contributed by atoms with E-state index in [1.807, 2.05) is 6.92 Å². The topological polar surface area (TPSA) is 30.7 Å². The second kappa shape index (κ2) is 5.44. The zero-order valence-electron chi connectivity index (χ0n) is 9.83. The molecule has 0 fully saturated rings. The molecule has 0 aliphatic heterocycles. The maximum Gasteiger partial charge on any atom is 0.225 e. The van der Waals surface area contributed by atoms with E-state index >= 15 is 0 Å². The summed E-state index contributed by atoms with van der Waals surface area (Å²) in [5.41, 5.74) is 0.618. The van der Waals surface area contributed by atoms with Crippen LogP contribution in [0.25, 0.3) is 0 Å². The summed E-state index contributed by atoms with van der Waals surface area (Å²) in [7, 11) is 0. The molecule has 0 unspecified atom stereocenters. The van der Waals surface area contributed by atoms with Crippen LogP contribution < -0.4 is 0 Å². The minimum Gasteiger partial charge on any atom is -0.297 e. The van der Waals surface area contributed by atoms with Crippen molar-refractivity contribution in [2.45, 2.75) is 26.3 Å². The standard InChI is InChI=1S/C12H12ClF2N3/c1-2-3-11-16-17-12(13)18(11)7-8-4-5-9(14)10(15)6-8/h4-6H,2-3,7H2,1H3. The Morgan fingerprint density at radius 1 is 1.22 bits per heavy atom. The first kappa shape index (κ1) is 13.0. The van der Waals surface area contributed by atoms with Gasteiger partial charge in [0.2, 0.25) is 5.28 Å². The summed E-state index contributed by atoms with van der Waals surface area (Å²) in [6, 6.07) is 3.77. The lowest BCUT2D eigenvalue weighted by molar-refractivity contribution is 0.506. The molecule has 18 heavy (non-hydrogen) atoms. The molecule has 96 valence electrons. The Morgan fingerprint density at radius 2 is 2.00 bits per heavy atom. The molecule has 0 amide bonds. The van der Waals surface area contributed by atoms with Crippen LogP contribution in [0.5, 0.6) is 0 Å². The fraction of sp³-hybridized carbons (Fsp3) is 0.333. The molecular formula is C12H12ClF2N3. The summed E-state index contributed by atoms with van der Waals surface area (Å²) < 4.78 is 27.6. The second-order valence-corrected chi connectivity index (χ2v) is 4.31. The highest BCUT2D eigenvalue weighted by molar-refractivity contribution is 6.28. The van der Waals surface area contributed by atoms with Gasteiger partial charge in [0.05, 0.1) is 6.54 Å². The molecule has 2 rings (SSSR count). The van der Waals surface area contributed by atoms with Crippen LogP contribution in [-0.2, 0) is 13.0 Å². The van der Waals surface area contributed by atoms with Gasteiger partial charge in [-0.2, -0.15) is 0 Å². The largest absolute Gasteiger partial charge is 0.297 e. The van der Waals surface area contributed by atoms with E-state index in [0.29, 0.717) is 12.1 Å². The summed E-state index contributed by atoms with van der Waals surface area (Å²) in [6.07, 6.45) is 1.65. The summed E-state index contributed by atoms with van der Waals surface area (Å²) in [6.45, 7) is 2.35. The third-order valence-electron chi connectivity index (χ3n) is 2.58. The maximum absolute atomic E-state index is 13.1. The molecule has 0 atom stereocenters. The number of hydrogen-bond acceptors (Lipinski definition) is 2. The predicted molar refractivity (Wildman–Crippen MR) is 64.5 cm³/mol. The van der Waals surface area contributed by atoms with Crippen LogP contribution in [0.15, 0.2) is 18.2 Å². The Morgan fingerprint density at radius 3 is 2.67 bits per heavy atom. The molecule has 0 aliphatic rings. The van der Waals surface area contributed by atoms with Crippen molar-refractivity contribution in [2.24, 2.45) is 0 Å².